The minimum Gasteiger partial charge on any atom is -0.457 e. The van der Waals surface area contributed by atoms with Crippen LogP contribution in [0.15, 0.2) is 58.1 Å². The number of hydrogen-bond donors (Lipinski definition) is 2. The van der Waals surface area contributed by atoms with Gasteiger partial charge in [0.1, 0.15) is 28.0 Å². The first-order valence-corrected chi connectivity index (χ1v) is 10.2. The standard InChI is InChI=1S/C24H23FN2O3/c25-18-9-11-19(12-10-18)30-20-8-4-7-17(13-20)15-22-24(29)26-21(23(28)27-22)14-16-5-2-1-3-6-16/h4,7-16H,1-3,5-6H2,(H,26,29)(H,27,28)/b21-14-,22-15-. The van der Waals surface area contributed by atoms with Gasteiger partial charge in [-0.25, -0.2) is 4.39 Å². The predicted molar refractivity (Wildman–Crippen MR) is 114 cm³/mol. The van der Waals surface area contributed by atoms with Crippen LogP contribution in [0, 0.1) is 11.7 Å². The zero-order valence-electron chi connectivity index (χ0n) is 16.5. The number of halogens is 1. The van der Waals surface area contributed by atoms with Crippen LogP contribution in [-0.2, 0) is 0 Å². The van der Waals surface area contributed by atoms with Crippen LogP contribution in [0.25, 0.3) is 12.2 Å². The average Bonchev–Trinajstić information content (AvgIpc) is 2.74. The van der Waals surface area contributed by atoms with E-state index >= 15 is 0 Å². The minimum absolute atomic E-state index is 0.180. The van der Waals surface area contributed by atoms with E-state index in [1.54, 1.807) is 30.3 Å². The van der Waals surface area contributed by atoms with Crippen molar-refractivity contribution in [3.8, 4) is 11.5 Å². The van der Waals surface area contributed by atoms with Crippen LogP contribution in [0.2, 0.25) is 0 Å². The van der Waals surface area contributed by atoms with E-state index in [1.807, 2.05) is 6.08 Å². The molecule has 6 heteroatoms. The van der Waals surface area contributed by atoms with Crippen LogP contribution in [0.5, 0.6) is 11.5 Å². The normalized spacial score (nSPS) is 16.0. The van der Waals surface area contributed by atoms with Gasteiger partial charge in [0.2, 0.25) is 0 Å². The second-order valence-electron chi connectivity index (χ2n) is 7.57. The summed E-state index contributed by atoms with van der Waals surface area (Å²) < 4.78 is 18.8. The highest BCUT2D eigenvalue weighted by Gasteiger charge is 2.11. The Morgan fingerprint density at radius 1 is 0.867 bits per heavy atom. The lowest BCUT2D eigenvalue weighted by Crippen LogP contribution is -2.47. The van der Waals surface area contributed by atoms with Crippen LogP contribution in [0.3, 0.4) is 0 Å². The molecule has 1 aromatic heterocycles. The molecule has 3 aromatic rings. The molecule has 0 atom stereocenters. The van der Waals surface area contributed by atoms with E-state index in [-0.39, 0.29) is 22.3 Å². The lowest BCUT2D eigenvalue weighted by atomic mass is 9.89. The molecular weight excluding hydrogens is 383 g/mol. The molecule has 0 unspecified atom stereocenters. The molecule has 30 heavy (non-hydrogen) atoms. The van der Waals surface area contributed by atoms with Crippen molar-refractivity contribution in [3.63, 3.8) is 0 Å². The molecule has 4 rings (SSSR count). The zero-order valence-corrected chi connectivity index (χ0v) is 16.5. The molecule has 1 aliphatic carbocycles. The Labute approximate surface area is 172 Å². The van der Waals surface area contributed by atoms with Crippen LogP contribution in [-0.4, -0.2) is 9.97 Å². The number of aromatic amines is 2. The first kappa shape index (κ1) is 19.9. The van der Waals surface area contributed by atoms with Crippen molar-refractivity contribution in [1.29, 1.82) is 0 Å². The molecule has 1 fully saturated rings. The van der Waals surface area contributed by atoms with Crippen LogP contribution < -0.4 is 26.6 Å². The largest absolute Gasteiger partial charge is 0.457 e. The van der Waals surface area contributed by atoms with Gasteiger partial charge in [-0.3, -0.25) is 9.59 Å². The number of benzene rings is 2. The van der Waals surface area contributed by atoms with Crippen molar-refractivity contribution < 1.29 is 9.13 Å². The smallest absolute Gasteiger partial charge is 0.272 e. The van der Waals surface area contributed by atoms with Gasteiger partial charge in [-0.1, -0.05) is 37.5 Å². The number of aromatic nitrogens is 2. The molecule has 1 aliphatic rings. The fraction of sp³-hybridized carbons (Fsp3) is 0.250. The summed E-state index contributed by atoms with van der Waals surface area (Å²) in [6, 6.07) is 12.8. The Bertz CT molecular complexity index is 1250. The van der Waals surface area contributed by atoms with Gasteiger partial charge in [0, 0.05) is 0 Å². The van der Waals surface area contributed by atoms with Crippen molar-refractivity contribution in [2.45, 2.75) is 32.1 Å². The lowest BCUT2D eigenvalue weighted by Gasteiger charge is -2.17. The number of ether oxygens (including phenoxy) is 1. The van der Waals surface area contributed by atoms with Gasteiger partial charge in [0.25, 0.3) is 11.1 Å². The predicted octanol–water partition coefficient (Wildman–Crippen LogP) is 3.18. The summed E-state index contributed by atoms with van der Waals surface area (Å²) in [6.45, 7) is 0. The van der Waals surface area contributed by atoms with E-state index in [0.717, 1.165) is 25.7 Å². The van der Waals surface area contributed by atoms with E-state index in [4.69, 9.17) is 4.74 Å². The third-order valence-electron chi connectivity index (χ3n) is 5.26. The van der Waals surface area contributed by atoms with Gasteiger partial charge in [0.15, 0.2) is 0 Å². The number of H-pyrrole nitrogens is 2. The summed E-state index contributed by atoms with van der Waals surface area (Å²) in [5, 5.41) is 0.511. The zero-order chi connectivity index (χ0) is 20.9. The molecule has 1 heterocycles. The fourth-order valence-corrected chi connectivity index (χ4v) is 3.72. The second kappa shape index (κ2) is 8.95. The Kier molecular flexibility index (Phi) is 5.93. The van der Waals surface area contributed by atoms with Gasteiger partial charge in [0.05, 0.1) is 0 Å². The minimum atomic E-state index is -0.346. The first-order valence-electron chi connectivity index (χ1n) is 10.2. The van der Waals surface area contributed by atoms with Crippen molar-refractivity contribution in [1.82, 2.24) is 9.97 Å². The molecule has 5 nitrogen and oxygen atoms in total. The summed E-state index contributed by atoms with van der Waals surface area (Å²) in [6.07, 6.45) is 9.14. The van der Waals surface area contributed by atoms with Gasteiger partial charge < -0.3 is 14.7 Å². The monoisotopic (exact) mass is 406 g/mol. The molecule has 0 saturated heterocycles. The molecule has 0 amide bonds. The maximum absolute atomic E-state index is 13.0. The van der Waals surface area contributed by atoms with Crippen LogP contribution >= 0.6 is 0 Å². The number of nitrogens with one attached hydrogen (secondary N) is 2. The van der Waals surface area contributed by atoms with E-state index in [2.05, 4.69) is 9.97 Å². The van der Waals surface area contributed by atoms with Crippen molar-refractivity contribution in [2.24, 2.45) is 5.92 Å². The van der Waals surface area contributed by atoms with Gasteiger partial charge in [-0.2, -0.15) is 0 Å². The van der Waals surface area contributed by atoms with Gasteiger partial charge >= 0.3 is 0 Å². The third kappa shape index (κ3) is 4.95. The quantitative estimate of drug-likeness (QED) is 0.699. The highest BCUT2D eigenvalue weighted by molar-refractivity contribution is 5.51. The lowest BCUT2D eigenvalue weighted by molar-refractivity contribution is 0.435. The van der Waals surface area contributed by atoms with Crippen LogP contribution in [0.1, 0.15) is 37.7 Å². The fourth-order valence-electron chi connectivity index (χ4n) is 3.72. The molecule has 2 N–H and O–H groups in total. The van der Waals surface area contributed by atoms with Gasteiger partial charge in [-0.05, 0) is 66.8 Å². The molecule has 0 spiro atoms. The molecular formula is C24H23FN2O3. The summed E-state index contributed by atoms with van der Waals surface area (Å²) in [4.78, 5) is 30.4. The number of hydrogen-bond acceptors (Lipinski definition) is 3. The van der Waals surface area contributed by atoms with Crippen molar-refractivity contribution in [3.05, 3.63) is 91.3 Å². The van der Waals surface area contributed by atoms with E-state index < -0.39 is 0 Å². The van der Waals surface area contributed by atoms with E-state index in [1.165, 1.54) is 30.7 Å². The highest BCUT2D eigenvalue weighted by Crippen LogP contribution is 2.24. The van der Waals surface area contributed by atoms with Crippen LogP contribution in [0.4, 0.5) is 4.39 Å². The molecule has 2 aromatic carbocycles. The second-order valence-corrected chi connectivity index (χ2v) is 7.57. The summed E-state index contributed by atoms with van der Waals surface area (Å²) in [5.74, 6) is 1.04. The summed E-state index contributed by atoms with van der Waals surface area (Å²) >= 11 is 0. The average molecular weight is 406 g/mol. The number of rotatable bonds is 4. The third-order valence-corrected chi connectivity index (χ3v) is 5.26. The van der Waals surface area contributed by atoms with Crippen molar-refractivity contribution in [2.75, 3.05) is 0 Å². The first-order chi connectivity index (χ1) is 14.6. The Balaban J connectivity index is 1.62. The van der Waals surface area contributed by atoms with E-state index in [0.29, 0.717) is 28.3 Å². The molecule has 0 radical (unpaired) electrons. The summed E-state index contributed by atoms with van der Waals surface area (Å²) in [5.41, 5.74) is 0.0476. The Morgan fingerprint density at radius 3 is 2.33 bits per heavy atom. The molecule has 154 valence electrons. The topological polar surface area (TPSA) is 75.0 Å². The molecule has 0 bridgehead atoms. The Morgan fingerprint density at radius 2 is 1.57 bits per heavy atom. The highest BCUT2D eigenvalue weighted by atomic mass is 19.1. The summed E-state index contributed by atoms with van der Waals surface area (Å²) in [7, 11) is 0. The maximum atomic E-state index is 13.0. The SMILES string of the molecule is O=c1[nH]/c(=C\C2CCCCC2)c(=O)[nH]/c1=C\c1cccc(Oc2ccc(F)cc2)c1. The maximum Gasteiger partial charge on any atom is 0.272 e. The van der Waals surface area contributed by atoms with Gasteiger partial charge in [-0.15, -0.1) is 0 Å². The molecule has 1 saturated carbocycles. The van der Waals surface area contributed by atoms with E-state index in [9.17, 15) is 14.0 Å². The Hall–Kier alpha value is -3.41. The van der Waals surface area contributed by atoms with Crippen molar-refractivity contribution >= 4 is 12.2 Å². The molecule has 0 aliphatic heterocycles.